The Balaban J connectivity index is 2.80. The lowest BCUT2D eigenvalue weighted by atomic mass is 10.3. The predicted octanol–water partition coefficient (Wildman–Crippen LogP) is 1.28. The summed E-state index contributed by atoms with van der Waals surface area (Å²) in [5, 5.41) is 3.92. The number of methoxy groups -OCH3 is 1. The van der Waals surface area contributed by atoms with Crippen molar-refractivity contribution in [3.8, 4) is 5.75 Å². The SMILES string of the molecule is COc1cc(N)cc2snnc12. The highest BCUT2D eigenvalue weighted by Crippen LogP contribution is 2.28. The molecule has 1 heterocycles. The summed E-state index contributed by atoms with van der Waals surface area (Å²) in [5.41, 5.74) is 7.08. The molecule has 0 fully saturated rings. The van der Waals surface area contributed by atoms with Gasteiger partial charge in [0.25, 0.3) is 0 Å². The van der Waals surface area contributed by atoms with Gasteiger partial charge in [-0.25, -0.2) is 0 Å². The average Bonchev–Trinajstić information content (AvgIpc) is 2.50. The second-order valence-electron chi connectivity index (χ2n) is 2.34. The van der Waals surface area contributed by atoms with Crippen molar-refractivity contribution in [3.05, 3.63) is 12.1 Å². The summed E-state index contributed by atoms with van der Waals surface area (Å²) in [5.74, 6) is 0.679. The van der Waals surface area contributed by atoms with E-state index in [0.717, 1.165) is 10.2 Å². The van der Waals surface area contributed by atoms with Crippen molar-refractivity contribution in [1.29, 1.82) is 0 Å². The third-order valence-corrected chi connectivity index (χ3v) is 2.23. The first-order valence-corrected chi connectivity index (χ1v) is 4.14. The first kappa shape index (κ1) is 7.30. The number of aromatic nitrogens is 2. The minimum Gasteiger partial charge on any atom is -0.494 e. The van der Waals surface area contributed by atoms with Crippen LogP contribution in [0.3, 0.4) is 0 Å². The van der Waals surface area contributed by atoms with Crippen molar-refractivity contribution in [2.75, 3.05) is 12.8 Å². The molecule has 2 aromatic rings. The van der Waals surface area contributed by atoms with Crippen LogP contribution in [0.25, 0.3) is 10.2 Å². The highest BCUT2D eigenvalue weighted by atomic mass is 32.1. The first-order valence-electron chi connectivity index (χ1n) is 3.37. The number of nitrogens with zero attached hydrogens (tertiary/aromatic N) is 2. The molecule has 5 heteroatoms. The Hall–Kier alpha value is -1.36. The van der Waals surface area contributed by atoms with Crippen LogP contribution in [0.15, 0.2) is 12.1 Å². The van der Waals surface area contributed by atoms with Crippen molar-refractivity contribution in [1.82, 2.24) is 9.59 Å². The van der Waals surface area contributed by atoms with E-state index in [4.69, 9.17) is 10.5 Å². The van der Waals surface area contributed by atoms with Crippen LogP contribution in [-0.4, -0.2) is 16.7 Å². The molecule has 0 aliphatic rings. The lowest BCUT2D eigenvalue weighted by Gasteiger charge is -2.00. The molecule has 0 saturated heterocycles. The summed E-state index contributed by atoms with van der Waals surface area (Å²) in [6.07, 6.45) is 0. The minimum absolute atomic E-state index is 0.672. The number of hydrogen-bond donors (Lipinski definition) is 1. The van der Waals surface area contributed by atoms with Gasteiger partial charge >= 0.3 is 0 Å². The molecular weight excluding hydrogens is 174 g/mol. The van der Waals surface area contributed by atoms with Crippen molar-refractivity contribution < 1.29 is 4.74 Å². The van der Waals surface area contributed by atoms with E-state index < -0.39 is 0 Å². The van der Waals surface area contributed by atoms with E-state index in [1.54, 1.807) is 13.2 Å². The van der Waals surface area contributed by atoms with Crippen LogP contribution in [0.5, 0.6) is 5.75 Å². The number of fused-ring (bicyclic) bond motifs is 1. The second kappa shape index (κ2) is 2.60. The molecule has 1 aromatic heterocycles. The monoisotopic (exact) mass is 181 g/mol. The standard InChI is InChI=1S/C7H7N3OS/c1-11-5-2-4(8)3-6-7(5)9-10-12-6/h2-3H,8H2,1H3. The summed E-state index contributed by atoms with van der Waals surface area (Å²) in [6.45, 7) is 0. The normalized spacial score (nSPS) is 10.4. The molecule has 0 unspecified atom stereocenters. The van der Waals surface area contributed by atoms with E-state index in [1.807, 2.05) is 6.07 Å². The molecular formula is C7H7N3OS. The van der Waals surface area contributed by atoms with Crippen LogP contribution in [0, 0.1) is 0 Å². The molecule has 2 rings (SSSR count). The Morgan fingerprint density at radius 3 is 3.08 bits per heavy atom. The van der Waals surface area contributed by atoms with Gasteiger partial charge < -0.3 is 10.5 Å². The van der Waals surface area contributed by atoms with Gasteiger partial charge in [0.05, 0.1) is 11.8 Å². The van der Waals surface area contributed by atoms with Gasteiger partial charge in [-0.3, -0.25) is 0 Å². The van der Waals surface area contributed by atoms with E-state index in [1.165, 1.54) is 11.5 Å². The Morgan fingerprint density at radius 1 is 1.50 bits per heavy atom. The number of rotatable bonds is 1. The van der Waals surface area contributed by atoms with Crippen LogP contribution >= 0.6 is 11.5 Å². The molecule has 0 bridgehead atoms. The molecule has 0 radical (unpaired) electrons. The number of nitrogen functional groups attached to an aromatic ring is 1. The topological polar surface area (TPSA) is 61.0 Å². The van der Waals surface area contributed by atoms with E-state index >= 15 is 0 Å². The molecule has 0 saturated carbocycles. The molecule has 0 aliphatic carbocycles. The molecule has 0 atom stereocenters. The fourth-order valence-electron chi connectivity index (χ4n) is 1.03. The number of benzene rings is 1. The number of ether oxygens (including phenoxy) is 1. The van der Waals surface area contributed by atoms with Crippen LogP contribution in [0.1, 0.15) is 0 Å². The van der Waals surface area contributed by atoms with Gasteiger partial charge in [0.2, 0.25) is 0 Å². The molecule has 0 aliphatic heterocycles. The van der Waals surface area contributed by atoms with Crippen molar-refractivity contribution in [2.24, 2.45) is 0 Å². The fraction of sp³-hybridized carbons (Fsp3) is 0.143. The number of nitrogens with two attached hydrogens (primary N) is 1. The second-order valence-corrected chi connectivity index (χ2v) is 3.13. The zero-order valence-corrected chi connectivity index (χ0v) is 7.26. The molecule has 2 N–H and O–H groups in total. The quantitative estimate of drug-likeness (QED) is 0.673. The summed E-state index contributed by atoms with van der Waals surface area (Å²) >= 11 is 1.31. The number of hydrogen-bond acceptors (Lipinski definition) is 5. The molecule has 0 amide bonds. The lowest BCUT2D eigenvalue weighted by molar-refractivity contribution is 0.419. The minimum atomic E-state index is 0.672. The summed E-state index contributed by atoms with van der Waals surface area (Å²) < 4.78 is 9.85. The maximum absolute atomic E-state index is 5.63. The molecule has 0 spiro atoms. The smallest absolute Gasteiger partial charge is 0.149 e. The summed E-state index contributed by atoms with van der Waals surface area (Å²) in [6, 6.07) is 3.58. The van der Waals surface area contributed by atoms with E-state index in [2.05, 4.69) is 9.59 Å². The third-order valence-electron chi connectivity index (χ3n) is 1.56. The third kappa shape index (κ3) is 0.984. The molecule has 12 heavy (non-hydrogen) atoms. The van der Waals surface area contributed by atoms with Crippen LogP contribution in [0.4, 0.5) is 5.69 Å². The van der Waals surface area contributed by atoms with E-state index in [0.29, 0.717) is 11.4 Å². The van der Waals surface area contributed by atoms with Gasteiger partial charge in [0.15, 0.2) is 0 Å². The Morgan fingerprint density at radius 2 is 2.33 bits per heavy atom. The predicted molar refractivity (Wildman–Crippen MR) is 48.4 cm³/mol. The summed E-state index contributed by atoms with van der Waals surface area (Å²) in [4.78, 5) is 0. The van der Waals surface area contributed by atoms with Gasteiger partial charge in [-0.05, 0) is 17.6 Å². The van der Waals surface area contributed by atoms with Gasteiger partial charge in [0.1, 0.15) is 11.3 Å². The van der Waals surface area contributed by atoms with Gasteiger partial charge in [-0.1, -0.05) is 4.49 Å². The van der Waals surface area contributed by atoms with Crippen LogP contribution < -0.4 is 10.5 Å². The van der Waals surface area contributed by atoms with Crippen molar-refractivity contribution in [3.63, 3.8) is 0 Å². The Kier molecular flexibility index (Phi) is 1.58. The maximum Gasteiger partial charge on any atom is 0.149 e. The average molecular weight is 181 g/mol. The zero-order valence-electron chi connectivity index (χ0n) is 6.44. The molecule has 4 nitrogen and oxygen atoms in total. The Labute approximate surface area is 73.1 Å². The molecule has 1 aromatic carbocycles. The fourth-order valence-corrected chi connectivity index (χ4v) is 1.66. The zero-order chi connectivity index (χ0) is 8.55. The van der Waals surface area contributed by atoms with Crippen molar-refractivity contribution >= 4 is 27.4 Å². The van der Waals surface area contributed by atoms with E-state index in [-0.39, 0.29) is 0 Å². The van der Waals surface area contributed by atoms with Gasteiger partial charge in [-0.2, -0.15) is 0 Å². The van der Waals surface area contributed by atoms with E-state index in [9.17, 15) is 0 Å². The Bertz CT molecular complexity index is 412. The summed E-state index contributed by atoms with van der Waals surface area (Å²) in [7, 11) is 1.59. The van der Waals surface area contributed by atoms with Gasteiger partial charge in [0, 0.05) is 11.8 Å². The molecule has 62 valence electrons. The number of anilines is 1. The first-order chi connectivity index (χ1) is 5.81. The van der Waals surface area contributed by atoms with Gasteiger partial charge in [-0.15, -0.1) is 5.10 Å². The highest BCUT2D eigenvalue weighted by Gasteiger charge is 2.05. The largest absolute Gasteiger partial charge is 0.494 e. The van der Waals surface area contributed by atoms with Crippen molar-refractivity contribution in [2.45, 2.75) is 0 Å². The lowest BCUT2D eigenvalue weighted by Crippen LogP contribution is -1.88. The maximum atomic E-state index is 5.63. The van der Waals surface area contributed by atoms with Crippen LogP contribution in [0.2, 0.25) is 0 Å². The highest BCUT2D eigenvalue weighted by molar-refractivity contribution is 7.13. The van der Waals surface area contributed by atoms with Crippen LogP contribution in [-0.2, 0) is 0 Å².